The molecule has 0 radical (unpaired) electrons. The van der Waals surface area contributed by atoms with Gasteiger partial charge in [-0.15, -0.1) is 6.58 Å². The molecule has 1 rings (SSSR count). The van der Waals surface area contributed by atoms with Gasteiger partial charge in [0.05, 0.1) is 13.2 Å². The van der Waals surface area contributed by atoms with Crippen LogP contribution < -0.4 is 5.32 Å². The summed E-state index contributed by atoms with van der Waals surface area (Å²) in [5.74, 6) is 1.97. The number of anilines is 1. The molecule has 0 spiro atoms. The molecule has 0 saturated carbocycles. The van der Waals surface area contributed by atoms with Gasteiger partial charge in [-0.05, 0) is 22.4 Å². The van der Waals surface area contributed by atoms with Gasteiger partial charge in [0.25, 0.3) is 0 Å². The second-order valence-electron chi connectivity index (χ2n) is 4.21. The Morgan fingerprint density at radius 3 is 2.89 bits per heavy atom. The third-order valence-corrected chi connectivity index (χ3v) is 2.65. The summed E-state index contributed by atoms with van der Waals surface area (Å²) >= 11 is 3.39. The molecule has 0 amide bonds. The predicted molar refractivity (Wildman–Crippen MR) is 77.9 cm³/mol. The number of nitrogens with one attached hydrogen (secondary N) is 1. The minimum Gasteiger partial charge on any atom is -0.379 e. The molecule has 0 unspecified atom stereocenters. The third kappa shape index (κ3) is 5.60. The van der Waals surface area contributed by atoms with Crippen LogP contribution in [0.5, 0.6) is 0 Å². The van der Waals surface area contributed by atoms with Crippen LogP contribution in [0.15, 0.2) is 23.3 Å². The number of halogens is 1. The second-order valence-corrected chi connectivity index (χ2v) is 5.02. The first-order valence-corrected chi connectivity index (χ1v) is 6.89. The molecule has 4 nitrogen and oxygen atoms in total. The van der Waals surface area contributed by atoms with E-state index in [4.69, 9.17) is 4.74 Å². The zero-order valence-electron chi connectivity index (χ0n) is 10.9. The average Bonchev–Trinajstić information content (AvgIpc) is 2.33. The van der Waals surface area contributed by atoms with Crippen LogP contribution >= 0.6 is 15.9 Å². The lowest BCUT2D eigenvalue weighted by Crippen LogP contribution is -2.12. The molecular weight excluding hydrogens is 294 g/mol. The summed E-state index contributed by atoms with van der Waals surface area (Å²) in [6.45, 7) is 9.90. The van der Waals surface area contributed by atoms with Gasteiger partial charge in [-0.3, -0.25) is 0 Å². The van der Waals surface area contributed by atoms with E-state index in [1.54, 1.807) is 0 Å². The molecule has 1 N–H and O–H groups in total. The third-order valence-electron chi connectivity index (χ3n) is 2.25. The number of nitrogens with zero attached hydrogens (tertiary/aromatic N) is 2. The molecule has 0 atom stereocenters. The van der Waals surface area contributed by atoms with E-state index in [-0.39, 0.29) is 0 Å². The summed E-state index contributed by atoms with van der Waals surface area (Å²) in [5, 5.41) is 3.23. The Morgan fingerprint density at radius 1 is 1.44 bits per heavy atom. The number of hydrogen-bond donors (Lipinski definition) is 1. The van der Waals surface area contributed by atoms with Crippen LogP contribution in [-0.4, -0.2) is 29.7 Å². The first-order valence-electron chi connectivity index (χ1n) is 6.10. The molecule has 0 aliphatic carbocycles. The summed E-state index contributed by atoms with van der Waals surface area (Å²) in [6.07, 6.45) is 2.74. The van der Waals surface area contributed by atoms with Crippen LogP contribution in [0.25, 0.3) is 0 Å². The minimum absolute atomic E-state index is 0.312. The Balaban J connectivity index is 2.39. The lowest BCUT2D eigenvalue weighted by atomic mass is 10.2. The van der Waals surface area contributed by atoms with Gasteiger partial charge in [0.1, 0.15) is 16.2 Å². The van der Waals surface area contributed by atoms with Crippen LogP contribution in [0, 0.1) is 0 Å². The second kappa shape index (κ2) is 8.21. The first-order chi connectivity index (χ1) is 8.63. The molecule has 100 valence electrons. The van der Waals surface area contributed by atoms with E-state index >= 15 is 0 Å². The fourth-order valence-electron chi connectivity index (χ4n) is 1.30. The van der Waals surface area contributed by atoms with Crippen molar-refractivity contribution in [3.05, 3.63) is 29.1 Å². The molecule has 1 aromatic rings. The Hall–Kier alpha value is -0.940. The summed E-state index contributed by atoms with van der Waals surface area (Å²) in [7, 11) is 0. The van der Waals surface area contributed by atoms with Crippen molar-refractivity contribution in [3.63, 3.8) is 0 Å². The van der Waals surface area contributed by atoms with Crippen LogP contribution in [0.4, 0.5) is 5.82 Å². The van der Waals surface area contributed by atoms with Crippen molar-refractivity contribution >= 4 is 21.7 Å². The van der Waals surface area contributed by atoms with Gasteiger partial charge in [-0.1, -0.05) is 19.9 Å². The highest BCUT2D eigenvalue weighted by molar-refractivity contribution is 9.10. The van der Waals surface area contributed by atoms with Crippen molar-refractivity contribution < 1.29 is 4.74 Å². The maximum Gasteiger partial charge on any atom is 0.134 e. The predicted octanol–water partition coefficient (Wildman–Crippen LogP) is 3.37. The Kier molecular flexibility index (Phi) is 6.90. The SMILES string of the molecule is C=CCCOCCNc1cc(Br)nc(C(C)C)n1. The molecule has 0 aromatic carbocycles. The number of ether oxygens (including phenoxy) is 1. The molecule has 0 saturated heterocycles. The standard InChI is InChI=1S/C13H20BrN3O/c1-4-5-7-18-8-6-15-12-9-11(14)16-13(17-12)10(2)3/h4,9-10H,1,5-8H2,2-3H3,(H,15,16,17). The maximum atomic E-state index is 5.41. The van der Waals surface area contributed by atoms with Crippen molar-refractivity contribution in [2.75, 3.05) is 25.1 Å². The minimum atomic E-state index is 0.312. The van der Waals surface area contributed by atoms with E-state index < -0.39 is 0 Å². The molecule has 0 fully saturated rings. The van der Waals surface area contributed by atoms with E-state index in [0.717, 1.165) is 35.8 Å². The van der Waals surface area contributed by atoms with Gasteiger partial charge >= 0.3 is 0 Å². The molecule has 0 bridgehead atoms. The highest BCUT2D eigenvalue weighted by atomic mass is 79.9. The van der Waals surface area contributed by atoms with Crippen molar-refractivity contribution in [1.29, 1.82) is 0 Å². The van der Waals surface area contributed by atoms with Gasteiger partial charge in [0.2, 0.25) is 0 Å². The quantitative estimate of drug-likeness (QED) is 0.454. The number of hydrogen-bond acceptors (Lipinski definition) is 4. The monoisotopic (exact) mass is 313 g/mol. The van der Waals surface area contributed by atoms with Crippen LogP contribution in [0.1, 0.15) is 32.0 Å². The average molecular weight is 314 g/mol. The van der Waals surface area contributed by atoms with Gasteiger partial charge < -0.3 is 10.1 Å². The van der Waals surface area contributed by atoms with Crippen molar-refractivity contribution in [2.45, 2.75) is 26.2 Å². The van der Waals surface area contributed by atoms with E-state index in [0.29, 0.717) is 12.5 Å². The van der Waals surface area contributed by atoms with Gasteiger partial charge in [0, 0.05) is 18.5 Å². The van der Waals surface area contributed by atoms with Crippen molar-refractivity contribution in [3.8, 4) is 0 Å². The first kappa shape index (κ1) is 15.1. The van der Waals surface area contributed by atoms with E-state index in [1.165, 1.54) is 0 Å². The van der Waals surface area contributed by atoms with Crippen LogP contribution in [0.2, 0.25) is 0 Å². The molecule has 5 heteroatoms. The smallest absolute Gasteiger partial charge is 0.134 e. The Morgan fingerprint density at radius 2 is 2.22 bits per heavy atom. The Labute approximate surface area is 117 Å². The number of aromatic nitrogens is 2. The van der Waals surface area contributed by atoms with Gasteiger partial charge in [-0.2, -0.15) is 0 Å². The van der Waals surface area contributed by atoms with E-state index in [1.807, 2.05) is 12.1 Å². The lowest BCUT2D eigenvalue weighted by Gasteiger charge is -2.09. The fourth-order valence-corrected chi connectivity index (χ4v) is 1.70. The summed E-state index contributed by atoms with van der Waals surface area (Å²) in [5.41, 5.74) is 0. The summed E-state index contributed by atoms with van der Waals surface area (Å²) in [4.78, 5) is 8.77. The molecule has 0 aliphatic rings. The van der Waals surface area contributed by atoms with Crippen molar-refractivity contribution in [1.82, 2.24) is 9.97 Å². The molecule has 1 heterocycles. The summed E-state index contributed by atoms with van der Waals surface area (Å²) in [6, 6.07) is 1.87. The highest BCUT2D eigenvalue weighted by Crippen LogP contribution is 2.17. The summed E-state index contributed by atoms with van der Waals surface area (Å²) < 4.78 is 6.22. The lowest BCUT2D eigenvalue weighted by molar-refractivity contribution is 0.149. The molecular formula is C13H20BrN3O. The zero-order valence-corrected chi connectivity index (χ0v) is 12.5. The highest BCUT2D eigenvalue weighted by Gasteiger charge is 2.06. The Bertz CT molecular complexity index is 382. The van der Waals surface area contributed by atoms with Crippen LogP contribution in [-0.2, 0) is 4.74 Å². The zero-order chi connectivity index (χ0) is 13.4. The van der Waals surface area contributed by atoms with Crippen LogP contribution in [0.3, 0.4) is 0 Å². The number of rotatable bonds is 8. The normalized spacial score (nSPS) is 10.7. The molecule has 0 aliphatic heterocycles. The molecule has 1 aromatic heterocycles. The van der Waals surface area contributed by atoms with Gasteiger partial charge in [-0.25, -0.2) is 9.97 Å². The fraction of sp³-hybridized carbons (Fsp3) is 0.538. The van der Waals surface area contributed by atoms with Crippen molar-refractivity contribution in [2.24, 2.45) is 0 Å². The van der Waals surface area contributed by atoms with Gasteiger partial charge in [0.15, 0.2) is 0 Å². The maximum absolute atomic E-state index is 5.41. The van der Waals surface area contributed by atoms with E-state index in [9.17, 15) is 0 Å². The molecule has 18 heavy (non-hydrogen) atoms. The largest absolute Gasteiger partial charge is 0.379 e. The topological polar surface area (TPSA) is 47.0 Å². The van der Waals surface area contributed by atoms with E-state index in [2.05, 4.69) is 51.6 Å².